The van der Waals surface area contributed by atoms with Crippen molar-refractivity contribution >= 4 is 49.3 Å². The summed E-state index contributed by atoms with van der Waals surface area (Å²) in [5.41, 5.74) is 4.69. The Morgan fingerprint density at radius 2 is 1.10 bits per heavy atom. The summed E-state index contributed by atoms with van der Waals surface area (Å²) in [7, 11) is 0. The predicted octanol–water partition coefficient (Wildman–Crippen LogP) is 9.54. The molecule has 4 heteroatoms. The Bertz CT molecular complexity index is 2530. The van der Waals surface area contributed by atoms with Crippen LogP contribution in [0.3, 0.4) is 0 Å². The van der Waals surface area contributed by atoms with Crippen molar-refractivity contribution in [2.45, 2.75) is 27.5 Å². The summed E-state index contributed by atoms with van der Waals surface area (Å²) in [5.74, 6) is 0. The highest BCUT2D eigenvalue weighted by Crippen LogP contribution is 2.41. The van der Waals surface area contributed by atoms with Gasteiger partial charge in [-0.25, -0.2) is 4.85 Å². The SMILES string of the molecule is [2H]C([2H])([2H])c1ccc2c(c1)c1cc(C([2H])([2H])[2H])ccc1n2-c1ccc([N+]#[C-])c(-n2c3ccc(C)cc3c3cc(C([2H])([2H])[2H])ccc32)c1C#N. The van der Waals surface area contributed by atoms with E-state index in [-0.39, 0.29) is 27.9 Å². The highest BCUT2D eigenvalue weighted by molar-refractivity contribution is 6.12. The molecule has 7 rings (SSSR count). The zero-order chi connectivity index (χ0) is 35.2. The lowest BCUT2D eigenvalue weighted by Gasteiger charge is -2.17. The Morgan fingerprint density at radius 3 is 1.55 bits per heavy atom. The van der Waals surface area contributed by atoms with E-state index in [9.17, 15) is 5.26 Å². The van der Waals surface area contributed by atoms with Gasteiger partial charge in [0.2, 0.25) is 5.69 Å². The first-order valence-electron chi connectivity index (χ1n) is 17.1. The number of hydrogen-bond donors (Lipinski definition) is 0. The van der Waals surface area contributed by atoms with E-state index >= 15 is 0 Å². The van der Waals surface area contributed by atoms with Crippen LogP contribution < -0.4 is 0 Å². The van der Waals surface area contributed by atoms with Crippen LogP contribution in [0.25, 0.3) is 59.8 Å². The molecule has 2 aromatic heterocycles. The van der Waals surface area contributed by atoms with Crippen LogP contribution in [-0.2, 0) is 0 Å². The lowest BCUT2D eigenvalue weighted by molar-refractivity contribution is 1.12. The van der Waals surface area contributed by atoms with Crippen molar-refractivity contribution in [3.63, 3.8) is 0 Å². The van der Waals surface area contributed by atoms with Gasteiger partial charge in [-0.05, 0) is 82.1 Å². The van der Waals surface area contributed by atoms with Gasteiger partial charge in [0.15, 0.2) is 0 Å². The fraction of sp³-hybridized carbons (Fsp3) is 0.111. The molecule has 40 heavy (non-hydrogen) atoms. The maximum Gasteiger partial charge on any atom is 0.212 e. The van der Waals surface area contributed by atoms with Gasteiger partial charge in [0.05, 0.1) is 45.6 Å². The van der Waals surface area contributed by atoms with E-state index in [0.29, 0.717) is 49.6 Å². The second-order valence-corrected chi connectivity index (χ2v) is 9.94. The van der Waals surface area contributed by atoms with E-state index < -0.39 is 20.6 Å². The summed E-state index contributed by atoms with van der Waals surface area (Å²) in [6, 6.07) is 25.6. The minimum atomic E-state index is -2.42. The lowest BCUT2D eigenvalue weighted by Crippen LogP contribution is -2.04. The maximum atomic E-state index is 10.9. The molecule has 0 saturated carbocycles. The van der Waals surface area contributed by atoms with E-state index in [1.165, 1.54) is 30.3 Å². The monoisotopic (exact) mass is 523 g/mol. The Morgan fingerprint density at radius 1 is 0.650 bits per heavy atom. The summed E-state index contributed by atoms with van der Waals surface area (Å²) in [6.07, 6.45) is 0. The first-order chi connectivity index (χ1) is 23.0. The first kappa shape index (κ1) is 15.9. The average Bonchev–Trinajstić information content (AvgIpc) is 3.53. The van der Waals surface area contributed by atoms with Crippen LogP contribution in [0.4, 0.5) is 5.69 Å². The third kappa shape index (κ3) is 3.30. The van der Waals surface area contributed by atoms with Crippen LogP contribution in [0, 0.1) is 45.4 Å². The molecule has 0 atom stereocenters. The number of aryl methyl sites for hydroxylation is 4. The predicted molar refractivity (Wildman–Crippen MR) is 165 cm³/mol. The van der Waals surface area contributed by atoms with Crippen LogP contribution in [0.1, 0.15) is 40.2 Å². The number of aromatic nitrogens is 2. The molecule has 0 radical (unpaired) electrons. The van der Waals surface area contributed by atoms with Gasteiger partial charge in [-0.3, -0.25) is 0 Å². The number of nitrogens with zero attached hydrogens (tertiary/aromatic N) is 4. The zero-order valence-electron chi connectivity index (χ0n) is 30.4. The molecule has 7 aromatic rings. The number of rotatable bonds is 2. The molecule has 0 unspecified atom stereocenters. The van der Waals surface area contributed by atoms with Crippen molar-refractivity contribution in [1.82, 2.24) is 9.13 Å². The van der Waals surface area contributed by atoms with Gasteiger partial charge >= 0.3 is 0 Å². The Kier molecular flexibility index (Phi) is 3.43. The first-order valence-corrected chi connectivity index (χ1v) is 12.6. The second kappa shape index (κ2) is 8.60. The molecule has 0 fully saturated rings. The Balaban J connectivity index is 1.62. The van der Waals surface area contributed by atoms with Gasteiger partial charge in [-0.1, -0.05) is 52.6 Å². The molecule has 5 aromatic carbocycles. The fourth-order valence-corrected chi connectivity index (χ4v) is 5.84. The van der Waals surface area contributed by atoms with E-state index in [1.54, 1.807) is 41.0 Å². The molecule has 0 bridgehead atoms. The molecule has 0 saturated heterocycles. The van der Waals surface area contributed by atoms with Gasteiger partial charge in [0.1, 0.15) is 6.07 Å². The molecule has 0 spiro atoms. The van der Waals surface area contributed by atoms with E-state index in [1.807, 2.05) is 29.7 Å². The van der Waals surface area contributed by atoms with Gasteiger partial charge in [-0.15, -0.1) is 0 Å². The average molecular weight is 524 g/mol. The third-order valence-corrected chi connectivity index (χ3v) is 7.52. The van der Waals surface area contributed by atoms with Gasteiger partial charge in [0.25, 0.3) is 0 Å². The quantitative estimate of drug-likeness (QED) is 0.208. The van der Waals surface area contributed by atoms with Crippen LogP contribution in [-0.4, -0.2) is 9.13 Å². The zero-order valence-corrected chi connectivity index (χ0v) is 21.4. The minimum Gasteiger partial charge on any atom is -0.318 e. The van der Waals surface area contributed by atoms with Gasteiger partial charge < -0.3 is 9.13 Å². The summed E-state index contributed by atoms with van der Waals surface area (Å²) in [5, 5.41) is 13.3. The Labute approximate surface area is 245 Å². The smallest absolute Gasteiger partial charge is 0.212 e. The van der Waals surface area contributed by atoms with Crippen LogP contribution >= 0.6 is 0 Å². The number of fused-ring (bicyclic) bond motifs is 6. The highest BCUT2D eigenvalue weighted by Gasteiger charge is 2.23. The number of nitriles is 1. The summed E-state index contributed by atoms with van der Waals surface area (Å²) in [4.78, 5) is 3.80. The summed E-state index contributed by atoms with van der Waals surface area (Å²) in [6.45, 7) is 2.86. The normalized spacial score (nSPS) is 15.7. The van der Waals surface area contributed by atoms with Crippen LogP contribution in [0.5, 0.6) is 0 Å². The van der Waals surface area contributed by atoms with Crippen molar-refractivity contribution in [1.29, 1.82) is 5.26 Å². The largest absolute Gasteiger partial charge is 0.318 e. The van der Waals surface area contributed by atoms with E-state index in [2.05, 4.69) is 10.9 Å². The molecule has 4 nitrogen and oxygen atoms in total. The maximum absolute atomic E-state index is 10.9. The molecule has 0 aliphatic rings. The lowest BCUT2D eigenvalue weighted by atomic mass is 10.1. The van der Waals surface area contributed by atoms with Crippen LogP contribution in [0.2, 0.25) is 0 Å². The number of hydrogen-bond acceptors (Lipinski definition) is 1. The molecule has 0 aliphatic carbocycles. The minimum absolute atomic E-state index is 0.0832. The number of benzene rings is 5. The highest BCUT2D eigenvalue weighted by atomic mass is 15.0. The van der Waals surface area contributed by atoms with Crippen LogP contribution in [0.15, 0.2) is 84.9 Å². The standard InChI is InChI=1S/C36H26N4/c1-21-6-11-31-25(16-21)26-17-22(2)7-12-32(26)39(31)35-15-10-30(38-5)36(29(35)20-37)40-33-13-8-23(3)18-27(33)28-19-24(4)9-14-34(28)40/h6-19H,1-4H3/i1D3,2D3,3D3. The second-order valence-electron chi connectivity index (χ2n) is 9.94. The van der Waals surface area contributed by atoms with Crippen molar-refractivity contribution < 1.29 is 12.3 Å². The molecule has 0 aliphatic heterocycles. The van der Waals surface area contributed by atoms with Crippen molar-refractivity contribution in [3.8, 4) is 17.4 Å². The van der Waals surface area contributed by atoms with Crippen molar-refractivity contribution in [2.75, 3.05) is 0 Å². The summed E-state index contributed by atoms with van der Waals surface area (Å²) >= 11 is 0. The molecule has 2 heterocycles. The van der Waals surface area contributed by atoms with Crippen molar-refractivity contribution in [2.24, 2.45) is 0 Å². The molecule has 190 valence electrons. The van der Waals surface area contributed by atoms with E-state index in [0.717, 1.165) is 10.9 Å². The summed E-state index contributed by atoms with van der Waals surface area (Å²) < 4.78 is 75.7. The van der Waals surface area contributed by atoms with Crippen molar-refractivity contribution in [3.05, 3.63) is 124 Å². The molecule has 0 N–H and O–H groups in total. The third-order valence-electron chi connectivity index (χ3n) is 7.52. The topological polar surface area (TPSA) is 38.0 Å². The fourth-order valence-electron chi connectivity index (χ4n) is 5.84. The molecular weight excluding hydrogens is 488 g/mol. The van der Waals surface area contributed by atoms with Gasteiger partial charge in [-0.2, -0.15) is 5.26 Å². The van der Waals surface area contributed by atoms with E-state index in [4.69, 9.17) is 18.9 Å². The molecular formula is C36H26N4. The molecule has 0 amide bonds. The van der Waals surface area contributed by atoms with Gasteiger partial charge in [0, 0.05) is 33.9 Å². The Hall–Kier alpha value is -5.32.